The minimum Gasteiger partial charge on any atom is -0.508 e. The number of rotatable bonds is 6. The van der Waals surface area contributed by atoms with Crippen LogP contribution in [-0.4, -0.2) is 30.3 Å². The van der Waals surface area contributed by atoms with Crippen molar-refractivity contribution in [2.75, 3.05) is 0 Å². The second kappa shape index (κ2) is 9.67. The Bertz CT molecular complexity index is 1980. The second-order valence-electron chi connectivity index (χ2n) is 9.52. The molecule has 0 amide bonds. The van der Waals surface area contributed by atoms with Crippen LogP contribution in [0.4, 0.5) is 4.39 Å². The first-order chi connectivity index (χ1) is 19.6. The number of aromatic hydroxyl groups is 1. The number of fused-ring (bicyclic) bond motifs is 2. The van der Waals surface area contributed by atoms with Crippen LogP contribution in [0.3, 0.4) is 0 Å². The molecule has 3 N–H and O–H groups in total. The molecule has 0 saturated carbocycles. The predicted molar refractivity (Wildman–Crippen MR) is 152 cm³/mol. The lowest BCUT2D eigenvalue weighted by atomic mass is 10.0. The van der Waals surface area contributed by atoms with Crippen LogP contribution in [0.25, 0.3) is 55.6 Å². The predicted octanol–water partition coefficient (Wildman–Crippen LogP) is 7.26. The van der Waals surface area contributed by atoms with E-state index in [4.69, 9.17) is 4.74 Å². The molecule has 7 aromatic rings. The first-order valence-electron chi connectivity index (χ1n) is 12.7. The van der Waals surface area contributed by atoms with Gasteiger partial charge in [0.05, 0.1) is 17.4 Å². The molecule has 0 aliphatic rings. The van der Waals surface area contributed by atoms with Crippen LogP contribution in [-0.2, 0) is 6.61 Å². The van der Waals surface area contributed by atoms with Crippen LogP contribution in [0.1, 0.15) is 5.56 Å². The maximum atomic E-state index is 14.0. The van der Waals surface area contributed by atoms with Crippen molar-refractivity contribution in [1.82, 2.24) is 25.1 Å². The van der Waals surface area contributed by atoms with Gasteiger partial charge in [-0.2, -0.15) is 5.10 Å². The Morgan fingerprint density at radius 3 is 2.60 bits per heavy atom. The van der Waals surface area contributed by atoms with Gasteiger partial charge in [-0.25, -0.2) is 9.37 Å². The minimum absolute atomic E-state index is 0.134. The van der Waals surface area contributed by atoms with Crippen molar-refractivity contribution in [2.24, 2.45) is 0 Å². The summed E-state index contributed by atoms with van der Waals surface area (Å²) >= 11 is 0. The van der Waals surface area contributed by atoms with E-state index in [-0.39, 0.29) is 5.75 Å². The molecule has 4 aromatic heterocycles. The highest BCUT2D eigenvalue weighted by Crippen LogP contribution is 2.36. The zero-order valence-corrected chi connectivity index (χ0v) is 21.1. The van der Waals surface area contributed by atoms with E-state index in [1.807, 2.05) is 60.8 Å². The number of nitrogens with one attached hydrogen (secondary N) is 2. The number of halogens is 1. The summed E-state index contributed by atoms with van der Waals surface area (Å²) in [6, 6.07) is 25.8. The molecule has 0 aliphatic carbocycles. The zero-order valence-electron chi connectivity index (χ0n) is 21.1. The van der Waals surface area contributed by atoms with E-state index >= 15 is 0 Å². The summed E-state index contributed by atoms with van der Waals surface area (Å²) in [5, 5.41) is 19.3. The second-order valence-corrected chi connectivity index (χ2v) is 9.52. The lowest BCUT2D eigenvalue weighted by Crippen LogP contribution is -1.95. The summed E-state index contributed by atoms with van der Waals surface area (Å²) in [5.74, 6) is 0.0441. The lowest BCUT2D eigenvalue weighted by Gasteiger charge is -2.08. The fraction of sp³-hybridized carbons (Fsp3) is 0.0312. The number of pyridine rings is 2. The largest absolute Gasteiger partial charge is 0.508 e. The number of H-pyrrole nitrogens is 2. The lowest BCUT2D eigenvalue weighted by molar-refractivity contribution is 0.305. The van der Waals surface area contributed by atoms with Crippen molar-refractivity contribution in [3.8, 4) is 45.1 Å². The number of phenols is 1. The van der Waals surface area contributed by atoms with Crippen LogP contribution < -0.4 is 4.74 Å². The molecule has 8 heteroatoms. The van der Waals surface area contributed by atoms with Gasteiger partial charge in [-0.1, -0.05) is 36.4 Å². The van der Waals surface area contributed by atoms with Gasteiger partial charge in [0.2, 0.25) is 0 Å². The number of aromatic nitrogens is 5. The summed E-state index contributed by atoms with van der Waals surface area (Å²) in [6.07, 6.45) is 5.17. The average molecular weight is 528 g/mol. The van der Waals surface area contributed by atoms with Gasteiger partial charge < -0.3 is 14.8 Å². The molecule has 0 fully saturated rings. The van der Waals surface area contributed by atoms with Crippen LogP contribution in [0.2, 0.25) is 0 Å². The van der Waals surface area contributed by atoms with Crippen LogP contribution in [0.15, 0.2) is 104 Å². The van der Waals surface area contributed by atoms with Gasteiger partial charge >= 0.3 is 0 Å². The molecular weight excluding hydrogens is 505 g/mol. The van der Waals surface area contributed by atoms with Crippen molar-refractivity contribution < 1.29 is 14.2 Å². The van der Waals surface area contributed by atoms with E-state index in [1.54, 1.807) is 18.5 Å². The molecule has 3 aromatic carbocycles. The summed E-state index contributed by atoms with van der Waals surface area (Å²) in [5.41, 5.74) is 7.30. The standard InChI is InChI=1S/C32H22FN5O2/c33-23-10-21(11-24(39)14-23)26-8-9-35-32-27(26)15-30(36-32)31-28-13-20(6-7-29(28)37-38-31)22-12-25(17-34-16-22)40-18-19-4-2-1-3-5-19/h1-17,39H,18H2,(H,35,36)(H,37,38). The topological polar surface area (TPSA) is 99.7 Å². The molecular formula is C32H22FN5O2. The Morgan fingerprint density at radius 1 is 0.825 bits per heavy atom. The van der Waals surface area contributed by atoms with Gasteiger partial charge in [0.15, 0.2) is 0 Å². The molecule has 40 heavy (non-hydrogen) atoms. The monoisotopic (exact) mass is 527 g/mol. The molecule has 194 valence electrons. The van der Waals surface area contributed by atoms with E-state index in [2.05, 4.69) is 31.2 Å². The number of hydrogen-bond acceptors (Lipinski definition) is 5. The molecule has 4 heterocycles. The number of benzene rings is 3. The molecule has 7 rings (SSSR count). The van der Waals surface area contributed by atoms with E-state index in [9.17, 15) is 9.50 Å². The van der Waals surface area contributed by atoms with E-state index in [0.717, 1.165) is 56.0 Å². The number of nitrogens with zero attached hydrogens (tertiary/aromatic N) is 3. The third-order valence-corrected chi connectivity index (χ3v) is 6.84. The Morgan fingerprint density at radius 2 is 1.73 bits per heavy atom. The van der Waals surface area contributed by atoms with Crippen molar-refractivity contribution in [3.63, 3.8) is 0 Å². The quantitative estimate of drug-likeness (QED) is 0.211. The maximum absolute atomic E-state index is 14.0. The third kappa shape index (κ3) is 4.41. The van der Waals surface area contributed by atoms with Crippen molar-refractivity contribution in [2.45, 2.75) is 6.61 Å². The van der Waals surface area contributed by atoms with Gasteiger partial charge in [0.1, 0.15) is 35.3 Å². The van der Waals surface area contributed by atoms with Gasteiger partial charge in [0, 0.05) is 34.8 Å². The molecule has 7 nitrogen and oxygen atoms in total. The molecule has 0 radical (unpaired) electrons. The van der Waals surface area contributed by atoms with Gasteiger partial charge in [-0.15, -0.1) is 0 Å². The molecule has 0 atom stereocenters. The van der Waals surface area contributed by atoms with E-state index < -0.39 is 5.82 Å². The number of aromatic amines is 2. The molecule has 0 spiro atoms. The summed E-state index contributed by atoms with van der Waals surface area (Å²) in [6.45, 7) is 0.461. The summed E-state index contributed by atoms with van der Waals surface area (Å²) in [4.78, 5) is 12.2. The molecule has 0 unspecified atom stereocenters. The van der Waals surface area contributed by atoms with Crippen molar-refractivity contribution >= 4 is 21.9 Å². The summed E-state index contributed by atoms with van der Waals surface area (Å²) in [7, 11) is 0. The third-order valence-electron chi connectivity index (χ3n) is 6.84. The van der Waals surface area contributed by atoms with Crippen LogP contribution in [0.5, 0.6) is 11.5 Å². The number of hydrogen-bond donors (Lipinski definition) is 3. The molecule has 0 aliphatic heterocycles. The Hall–Kier alpha value is -5.50. The first-order valence-corrected chi connectivity index (χ1v) is 12.7. The van der Waals surface area contributed by atoms with Gasteiger partial charge in [-0.05, 0) is 64.7 Å². The van der Waals surface area contributed by atoms with Crippen molar-refractivity contribution in [3.05, 3.63) is 115 Å². The Balaban J connectivity index is 1.25. The SMILES string of the molecule is Oc1cc(F)cc(-c2ccnc3[nH]c(-c4n[nH]c5ccc(-c6cncc(OCc7ccccc7)c6)cc45)cc23)c1. The van der Waals surface area contributed by atoms with E-state index in [1.165, 1.54) is 12.1 Å². The van der Waals surface area contributed by atoms with Crippen LogP contribution >= 0.6 is 0 Å². The minimum atomic E-state index is -0.509. The van der Waals surface area contributed by atoms with Crippen LogP contribution in [0, 0.1) is 5.82 Å². The summed E-state index contributed by atoms with van der Waals surface area (Å²) < 4.78 is 20.0. The fourth-order valence-electron chi connectivity index (χ4n) is 4.93. The van der Waals surface area contributed by atoms with E-state index in [0.29, 0.717) is 23.6 Å². The number of phenolic OH excluding ortho intramolecular Hbond substituents is 1. The molecule has 0 bridgehead atoms. The zero-order chi connectivity index (χ0) is 27.1. The highest BCUT2D eigenvalue weighted by Gasteiger charge is 2.16. The maximum Gasteiger partial charge on any atom is 0.138 e. The molecule has 0 saturated heterocycles. The smallest absolute Gasteiger partial charge is 0.138 e. The Kier molecular flexibility index (Phi) is 5.70. The van der Waals surface area contributed by atoms with Gasteiger partial charge in [0.25, 0.3) is 0 Å². The first kappa shape index (κ1) is 23.6. The highest BCUT2D eigenvalue weighted by molar-refractivity contribution is 6.00. The fourth-order valence-corrected chi connectivity index (χ4v) is 4.93. The van der Waals surface area contributed by atoms with Gasteiger partial charge in [-0.3, -0.25) is 10.1 Å². The normalized spacial score (nSPS) is 11.3. The average Bonchev–Trinajstić information content (AvgIpc) is 3.60. The number of ether oxygens (including phenoxy) is 1. The highest BCUT2D eigenvalue weighted by atomic mass is 19.1. The van der Waals surface area contributed by atoms with Crippen molar-refractivity contribution in [1.29, 1.82) is 0 Å². The Labute approximate surface area is 228 Å².